The van der Waals surface area contributed by atoms with Gasteiger partial charge in [0.15, 0.2) is 28.8 Å². The summed E-state index contributed by atoms with van der Waals surface area (Å²) in [6.07, 6.45) is -16.3. The number of methoxy groups -OCH3 is 2. The monoisotopic (exact) mass is 670 g/mol. The third-order valence-corrected chi connectivity index (χ3v) is 7.85. The van der Waals surface area contributed by atoms with Gasteiger partial charge in [0.05, 0.1) is 27.4 Å². The summed E-state index contributed by atoms with van der Waals surface area (Å²) in [5, 5.41) is 101. The molecule has 3 aromatic rings. The van der Waals surface area contributed by atoms with Crippen LogP contribution in [0.15, 0.2) is 33.5 Å². The summed E-state index contributed by atoms with van der Waals surface area (Å²) in [5.74, 6) is -3.03. The van der Waals surface area contributed by atoms with Crippen molar-refractivity contribution in [1.29, 1.82) is 0 Å². The van der Waals surface area contributed by atoms with Gasteiger partial charge in [-0.05, 0) is 18.2 Å². The van der Waals surface area contributed by atoms with E-state index in [1.807, 2.05) is 0 Å². The smallest absolute Gasteiger partial charge is 0.239 e. The molecule has 0 spiro atoms. The van der Waals surface area contributed by atoms with Gasteiger partial charge in [0, 0.05) is 11.6 Å². The molecule has 10 atom stereocenters. The summed E-state index contributed by atoms with van der Waals surface area (Å²) in [7, 11) is 2.33. The van der Waals surface area contributed by atoms with E-state index in [0.717, 1.165) is 19.2 Å². The van der Waals surface area contributed by atoms with Crippen molar-refractivity contribution in [1.82, 2.24) is 0 Å². The van der Waals surface area contributed by atoms with Gasteiger partial charge in [-0.2, -0.15) is 0 Å². The van der Waals surface area contributed by atoms with E-state index in [4.69, 9.17) is 32.8 Å². The predicted octanol–water partition coefficient (Wildman–Crippen LogP) is -2.75. The molecule has 18 nitrogen and oxygen atoms in total. The lowest BCUT2D eigenvalue weighted by atomic mass is 9.99. The predicted molar refractivity (Wildman–Crippen MR) is 153 cm³/mol. The molecule has 2 aliphatic rings. The molecule has 18 heteroatoms. The first kappa shape index (κ1) is 34.4. The third-order valence-electron chi connectivity index (χ3n) is 7.85. The molecule has 2 aromatic carbocycles. The van der Waals surface area contributed by atoms with Gasteiger partial charge in [-0.1, -0.05) is 0 Å². The lowest BCUT2D eigenvalue weighted by Crippen LogP contribution is -2.60. The zero-order valence-electron chi connectivity index (χ0n) is 24.7. The fraction of sp³-hybridized carbons (Fsp3) is 0.483. The summed E-state index contributed by atoms with van der Waals surface area (Å²) in [6.45, 7) is -1.44. The maximum absolute atomic E-state index is 13.6. The molecule has 0 amide bonds. The summed E-state index contributed by atoms with van der Waals surface area (Å²) in [4.78, 5) is 13.6. The minimum absolute atomic E-state index is 0.0691. The van der Waals surface area contributed by atoms with Crippen molar-refractivity contribution < 1.29 is 83.9 Å². The highest BCUT2D eigenvalue weighted by atomic mass is 16.7. The average Bonchev–Trinajstić information content (AvgIpc) is 3.06. The minimum atomic E-state index is -1.85. The van der Waals surface area contributed by atoms with Crippen LogP contribution in [0.3, 0.4) is 0 Å². The van der Waals surface area contributed by atoms with E-state index in [9.17, 15) is 55.9 Å². The Labute approximate surface area is 264 Å². The average molecular weight is 671 g/mol. The highest BCUT2D eigenvalue weighted by Gasteiger charge is 2.46. The SMILES string of the molecule is COc1cc2oc(-c3ccc(O[C@@H]4O[C@@H](CO)[C@@H](O)[C@H](O)[C@H]4O)c(O)c3)c(OC)c(=O)c2c(O)c1O[C@@H]1O[C@H](CO)[C@@H](O)[C@H](O)[C@H]1O. The van der Waals surface area contributed by atoms with Crippen molar-refractivity contribution in [3.63, 3.8) is 0 Å². The normalized spacial score (nSPS) is 31.0. The molecule has 2 saturated heterocycles. The van der Waals surface area contributed by atoms with Gasteiger partial charge in [0.1, 0.15) is 59.8 Å². The molecule has 10 N–H and O–H groups in total. The number of aromatic hydroxyl groups is 2. The molecule has 5 rings (SSSR count). The van der Waals surface area contributed by atoms with E-state index in [2.05, 4.69) is 0 Å². The molecule has 0 saturated carbocycles. The number of aliphatic hydroxyl groups excluding tert-OH is 8. The molecule has 3 heterocycles. The number of benzene rings is 2. The lowest BCUT2D eigenvalue weighted by molar-refractivity contribution is -0.277. The second-order valence-corrected chi connectivity index (χ2v) is 10.7. The van der Waals surface area contributed by atoms with Crippen LogP contribution in [0, 0.1) is 0 Å². The van der Waals surface area contributed by atoms with Gasteiger partial charge in [-0.3, -0.25) is 4.79 Å². The van der Waals surface area contributed by atoms with Gasteiger partial charge in [-0.25, -0.2) is 0 Å². The van der Waals surface area contributed by atoms with E-state index < -0.39 is 108 Å². The third kappa shape index (κ3) is 6.11. The quantitative estimate of drug-likeness (QED) is 0.110. The van der Waals surface area contributed by atoms with Crippen molar-refractivity contribution in [2.45, 2.75) is 61.4 Å². The van der Waals surface area contributed by atoms with E-state index in [1.54, 1.807) is 0 Å². The zero-order valence-corrected chi connectivity index (χ0v) is 24.7. The minimum Gasteiger partial charge on any atom is -0.504 e. The topological polar surface area (TPSA) is 288 Å². The molecular weight excluding hydrogens is 636 g/mol. The van der Waals surface area contributed by atoms with Crippen molar-refractivity contribution in [3.05, 3.63) is 34.5 Å². The first-order valence-corrected chi connectivity index (χ1v) is 14.1. The Morgan fingerprint density at radius 1 is 0.702 bits per heavy atom. The first-order valence-electron chi connectivity index (χ1n) is 14.1. The molecule has 0 unspecified atom stereocenters. The second-order valence-electron chi connectivity index (χ2n) is 10.7. The maximum atomic E-state index is 13.6. The van der Waals surface area contributed by atoms with Gasteiger partial charge >= 0.3 is 0 Å². The summed E-state index contributed by atoms with van der Waals surface area (Å²) in [6, 6.07) is 4.82. The Bertz CT molecular complexity index is 1640. The van der Waals surface area contributed by atoms with E-state index in [1.165, 1.54) is 19.2 Å². The molecule has 0 bridgehead atoms. The number of fused-ring (bicyclic) bond motifs is 1. The molecule has 0 radical (unpaired) electrons. The maximum Gasteiger partial charge on any atom is 0.239 e. The molecular formula is C29H34O18. The number of rotatable bonds is 9. The van der Waals surface area contributed by atoms with Crippen LogP contribution < -0.4 is 24.4 Å². The Kier molecular flexibility index (Phi) is 9.99. The molecule has 47 heavy (non-hydrogen) atoms. The van der Waals surface area contributed by atoms with Gasteiger partial charge < -0.3 is 83.9 Å². The second kappa shape index (κ2) is 13.6. The Hall–Kier alpha value is -3.95. The molecule has 2 aliphatic heterocycles. The fourth-order valence-corrected chi connectivity index (χ4v) is 5.25. The van der Waals surface area contributed by atoms with Crippen LogP contribution in [0.4, 0.5) is 0 Å². The van der Waals surface area contributed by atoms with Gasteiger partial charge in [-0.15, -0.1) is 0 Å². The van der Waals surface area contributed by atoms with Crippen LogP contribution in [0.5, 0.6) is 34.5 Å². The number of ether oxygens (including phenoxy) is 6. The Morgan fingerprint density at radius 2 is 1.28 bits per heavy atom. The number of hydrogen-bond donors (Lipinski definition) is 10. The van der Waals surface area contributed by atoms with Crippen molar-refractivity contribution in [3.8, 4) is 45.8 Å². The van der Waals surface area contributed by atoms with Gasteiger partial charge in [0.25, 0.3) is 0 Å². The van der Waals surface area contributed by atoms with Crippen LogP contribution in [0.25, 0.3) is 22.3 Å². The summed E-state index contributed by atoms with van der Waals surface area (Å²) in [5.41, 5.74) is -1.09. The van der Waals surface area contributed by atoms with Crippen LogP contribution in [-0.2, 0) is 9.47 Å². The van der Waals surface area contributed by atoms with Crippen LogP contribution >= 0.6 is 0 Å². The van der Waals surface area contributed by atoms with Crippen molar-refractivity contribution >= 4 is 11.0 Å². The zero-order chi connectivity index (χ0) is 34.3. The Morgan fingerprint density at radius 3 is 1.79 bits per heavy atom. The highest BCUT2D eigenvalue weighted by Crippen LogP contribution is 2.46. The van der Waals surface area contributed by atoms with Crippen LogP contribution in [0.1, 0.15) is 0 Å². The van der Waals surface area contributed by atoms with Gasteiger partial charge in [0.2, 0.25) is 29.5 Å². The Balaban J connectivity index is 1.50. The molecule has 258 valence electrons. The van der Waals surface area contributed by atoms with E-state index in [-0.39, 0.29) is 28.4 Å². The number of phenols is 2. The van der Waals surface area contributed by atoms with E-state index >= 15 is 0 Å². The molecule has 2 fully saturated rings. The number of phenolic OH excluding ortho intramolecular Hbond substituents is 2. The molecule has 0 aliphatic carbocycles. The number of hydrogen-bond acceptors (Lipinski definition) is 18. The van der Waals surface area contributed by atoms with Crippen molar-refractivity contribution in [2.24, 2.45) is 0 Å². The lowest BCUT2D eigenvalue weighted by Gasteiger charge is -2.39. The number of aliphatic hydroxyl groups is 8. The highest BCUT2D eigenvalue weighted by molar-refractivity contribution is 5.91. The van der Waals surface area contributed by atoms with E-state index in [0.29, 0.717) is 0 Å². The van der Waals surface area contributed by atoms with Crippen LogP contribution in [0.2, 0.25) is 0 Å². The fourth-order valence-electron chi connectivity index (χ4n) is 5.25. The molecule has 1 aromatic heterocycles. The first-order chi connectivity index (χ1) is 22.4. The van der Waals surface area contributed by atoms with Crippen LogP contribution in [-0.4, -0.2) is 140 Å². The summed E-state index contributed by atoms with van der Waals surface area (Å²) >= 11 is 0. The largest absolute Gasteiger partial charge is 0.504 e. The van der Waals surface area contributed by atoms with Crippen molar-refractivity contribution in [2.75, 3.05) is 27.4 Å². The summed E-state index contributed by atoms with van der Waals surface area (Å²) < 4.78 is 38.2. The standard InChI is InChI=1S/C29H34O18/c1-41-13-6-12-16(19(35)26(13)47-29-24(40)22(38)18(34)15(8-31)46-29)20(36)27(42-2)25(43-12)9-3-4-11(10(32)5-9)44-28-23(39)21(37)17(33)14(7-30)45-28/h3-6,14-15,17-18,21-24,28-35,37-40H,7-8H2,1-2H3/t14-,15+,17+,18+,21-,22-,23+,24+,28+,29-/m0/s1.